The number of nitrogens with two attached hydrogens (primary N) is 1. The molecule has 0 aliphatic heterocycles. The molecule has 0 fully saturated rings. The molecule has 1 aliphatic carbocycles. The molecule has 28 heavy (non-hydrogen) atoms. The third-order valence-electron chi connectivity index (χ3n) is 5.38. The number of benzene rings is 1. The zero-order valence-corrected chi connectivity index (χ0v) is 17.4. The Kier molecular flexibility index (Phi) is 5.17. The first-order valence-corrected chi connectivity index (χ1v) is 10.5. The maximum absolute atomic E-state index is 12.8. The molecular weight excluding hydrogens is 394 g/mol. The summed E-state index contributed by atoms with van der Waals surface area (Å²) >= 11 is 7.48. The van der Waals surface area contributed by atoms with E-state index in [1.807, 2.05) is 0 Å². The highest BCUT2D eigenvalue weighted by Crippen LogP contribution is 2.37. The molecule has 3 N–H and O–H groups in total. The number of anilines is 2. The smallest absolute Gasteiger partial charge is 0.267 e. The highest BCUT2D eigenvalue weighted by Gasteiger charge is 2.23. The molecule has 2 aromatic heterocycles. The number of hydrogen-bond donors (Lipinski definition) is 2. The van der Waals surface area contributed by atoms with E-state index in [-0.39, 0.29) is 5.91 Å². The summed E-state index contributed by atoms with van der Waals surface area (Å²) in [5.74, 6) is 1.00. The van der Waals surface area contributed by atoms with Gasteiger partial charge in [-0.1, -0.05) is 24.9 Å². The van der Waals surface area contributed by atoms with Gasteiger partial charge in [0.15, 0.2) is 0 Å². The van der Waals surface area contributed by atoms with Gasteiger partial charge in [-0.2, -0.15) is 0 Å². The van der Waals surface area contributed by atoms with E-state index in [2.05, 4.69) is 18.3 Å². The number of nitrogen functional groups attached to an aromatic ring is 1. The molecule has 1 aliphatic rings. The Bertz CT molecular complexity index is 1060. The molecule has 146 valence electrons. The molecule has 0 radical (unpaired) electrons. The number of methoxy groups -OCH3 is 1. The van der Waals surface area contributed by atoms with Gasteiger partial charge < -0.3 is 15.8 Å². The molecule has 5 nitrogen and oxygen atoms in total. The summed E-state index contributed by atoms with van der Waals surface area (Å²) in [6.45, 7) is 2.23. The molecule has 3 aromatic rings. The van der Waals surface area contributed by atoms with Crippen molar-refractivity contribution in [3.8, 4) is 5.75 Å². The van der Waals surface area contributed by atoms with E-state index < -0.39 is 0 Å². The highest BCUT2D eigenvalue weighted by molar-refractivity contribution is 7.21. The maximum atomic E-state index is 12.8. The Balaban J connectivity index is 1.64. The predicted molar refractivity (Wildman–Crippen MR) is 116 cm³/mol. The van der Waals surface area contributed by atoms with Crippen molar-refractivity contribution in [1.82, 2.24) is 4.98 Å². The van der Waals surface area contributed by atoms with Crippen LogP contribution in [0.5, 0.6) is 5.75 Å². The molecule has 0 saturated carbocycles. The van der Waals surface area contributed by atoms with Crippen molar-refractivity contribution >= 4 is 50.4 Å². The first-order valence-electron chi connectivity index (χ1n) is 9.35. The lowest BCUT2D eigenvalue weighted by atomic mass is 9.85. The minimum atomic E-state index is -0.258. The SMILES string of the molecule is CCC1CCc2nc3sc(C(=O)Nc4ccc(OC)c(Cl)c4)c(N)c3cc2C1. The zero-order chi connectivity index (χ0) is 19.8. The van der Waals surface area contributed by atoms with Crippen LogP contribution in [0.25, 0.3) is 10.2 Å². The Labute approximate surface area is 172 Å². The topological polar surface area (TPSA) is 77.2 Å². The van der Waals surface area contributed by atoms with Gasteiger partial charge in [0.1, 0.15) is 15.5 Å². The summed E-state index contributed by atoms with van der Waals surface area (Å²) in [7, 11) is 1.55. The van der Waals surface area contributed by atoms with Crippen LogP contribution in [0.2, 0.25) is 5.02 Å². The molecule has 0 saturated heterocycles. The first kappa shape index (κ1) is 19.0. The van der Waals surface area contributed by atoms with E-state index >= 15 is 0 Å². The second kappa shape index (κ2) is 7.60. The summed E-state index contributed by atoms with van der Waals surface area (Å²) < 4.78 is 5.14. The van der Waals surface area contributed by atoms with Crippen LogP contribution < -0.4 is 15.8 Å². The largest absolute Gasteiger partial charge is 0.495 e. The van der Waals surface area contributed by atoms with E-state index in [9.17, 15) is 4.79 Å². The van der Waals surface area contributed by atoms with E-state index in [4.69, 9.17) is 27.1 Å². The third-order valence-corrected chi connectivity index (χ3v) is 6.79. The van der Waals surface area contributed by atoms with Gasteiger partial charge in [0.2, 0.25) is 0 Å². The van der Waals surface area contributed by atoms with Crippen molar-refractivity contribution < 1.29 is 9.53 Å². The van der Waals surface area contributed by atoms with Crippen molar-refractivity contribution in [3.63, 3.8) is 0 Å². The number of aryl methyl sites for hydroxylation is 1. The van der Waals surface area contributed by atoms with Crippen LogP contribution in [0, 0.1) is 5.92 Å². The fraction of sp³-hybridized carbons (Fsp3) is 0.333. The minimum Gasteiger partial charge on any atom is -0.495 e. The van der Waals surface area contributed by atoms with E-state index in [0.717, 1.165) is 28.8 Å². The lowest BCUT2D eigenvalue weighted by Crippen LogP contribution is -2.14. The van der Waals surface area contributed by atoms with Crippen molar-refractivity contribution in [1.29, 1.82) is 0 Å². The van der Waals surface area contributed by atoms with Gasteiger partial charge in [-0.05, 0) is 55.0 Å². The van der Waals surface area contributed by atoms with Gasteiger partial charge >= 0.3 is 0 Å². The molecule has 7 heteroatoms. The van der Waals surface area contributed by atoms with Crippen LogP contribution in [-0.2, 0) is 12.8 Å². The molecule has 0 bridgehead atoms. The summed E-state index contributed by atoms with van der Waals surface area (Å²) in [6, 6.07) is 7.25. The quantitative estimate of drug-likeness (QED) is 0.605. The van der Waals surface area contributed by atoms with Crippen molar-refractivity contribution in [3.05, 3.63) is 45.4 Å². The number of nitrogens with zero attached hydrogens (tertiary/aromatic N) is 1. The second-order valence-electron chi connectivity index (χ2n) is 7.11. The van der Waals surface area contributed by atoms with Gasteiger partial charge in [0.25, 0.3) is 5.91 Å². The van der Waals surface area contributed by atoms with Crippen molar-refractivity contribution in [2.45, 2.75) is 32.6 Å². The van der Waals surface area contributed by atoms with Gasteiger partial charge in [-0.25, -0.2) is 4.98 Å². The summed E-state index contributed by atoms with van der Waals surface area (Å²) in [4.78, 5) is 18.9. The van der Waals surface area contributed by atoms with Crippen LogP contribution in [0.4, 0.5) is 11.4 Å². The van der Waals surface area contributed by atoms with Crippen molar-refractivity contribution in [2.75, 3.05) is 18.2 Å². The number of pyridine rings is 1. The molecule has 1 unspecified atom stereocenters. The summed E-state index contributed by atoms with van der Waals surface area (Å²) in [6.07, 6.45) is 4.38. The lowest BCUT2D eigenvalue weighted by molar-refractivity contribution is 0.103. The zero-order valence-electron chi connectivity index (χ0n) is 15.8. The number of halogens is 1. The number of fused-ring (bicyclic) bond motifs is 2. The Morgan fingerprint density at radius 1 is 1.43 bits per heavy atom. The molecule has 4 rings (SSSR count). The van der Waals surface area contributed by atoms with E-state index in [1.54, 1.807) is 25.3 Å². The number of nitrogens with one attached hydrogen (secondary N) is 1. The Morgan fingerprint density at radius 3 is 2.96 bits per heavy atom. The number of amides is 1. The van der Waals surface area contributed by atoms with Gasteiger partial charge in [0, 0.05) is 16.8 Å². The number of carbonyl (C=O) groups is 1. The van der Waals surface area contributed by atoms with Crippen LogP contribution in [0.3, 0.4) is 0 Å². The average molecular weight is 416 g/mol. The maximum Gasteiger partial charge on any atom is 0.267 e. The predicted octanol–water partition coefficient (Wildman–Crippen LogP) is 5.31. The first-order chi connectivity index (χ1) is 13.5. The normalized spacial score (nSPS) is 16.0. The van der Waals surface area contributed by atoms with Gasteiger partial charge in [0.05, 0.1) is 17.8 Å². The fourth-order valence-electron chi connectivity index (χ4n) is 3.71. The Hall–Kier alpha value is -2.31. The Morgan fingerprint density at radius 2 is 2.25 bits per heavy atom. The molecule has 0 spiro atoms. The number of carbonyl (C=O) groups excluding carboxylic acids is 1. The highest BCUT2D eigenvalue weighted by atomic mass is 35.5. The number of thiophene rings is 1. The summed E-state index contributed by atoms with van der Waals surface area (Å²) in [5.41, 5.74) is 9.83. The average Bonchev–Trinajstić information content (AvgIpc) is 3.02. The van der Waals surface area contributed by atoms with E-state index in [1.165, 1.54) is 29.7 Å². The third kappa shape index (κ3) is 3.42. The van der Waals surface area contributed by atoms with Crippen LogP contribution in [-0.4, -0.2) is 18.0 Å². The van der Waals surface area contributed by atoms with Gasteiger partial charge in [-0.15, -0.1) is 11.3 Å². The molecule has 1 amide bonds. The number of aromatic nitrogens is 1. The van der Waals surface area contributed by atoms with E-state index in [0.29, 0.717) is 32.9 Å². The number of rotatable bonds is 4. The minimum absolute atomic E-state index is 0.258. The summed E-state index contributed by atoms with van der Waals surface area (Å²) in [5, 5.41) is 4.17. The van der Waals surface area contributed by atoms with Crippen LogP contribution in [0.1, 0.15) is 40.7 Å². The number of ether oxygens (including phenoxy) is 1. The number of hydrogen-bond acceptors (Lipinski definition) is 5. The molecule has 1 aromatic carbocycles. The van der Waals surface area contributed by atoms with Crippen molar-refractivity contribution in [2.24, 2.45) is 5.92 Å². The molecular formula is C21H22ClN3O2S. The lowest BCUT2D eigenvalue weighted by Gasteiger charge is -2.22. The molecule has 2 heterocycles. The van der Waals surface area contributed by atoms with Crippen LogP contribution >= 0.6 is 22.9 Å². The van der Waals surface area contributed by atoms with Gasteiger partial charge in [-0.3, -0.25) is 4.79 Å². The fourth-order valence-corrected chi connectivity index (χ4v) is 4.96. The van der Waals surface area contributed by atoms with Crippen LogP contribution in [0.15, 0.2) is 24.3 Å². The monoisotopic (exact) mass is 415 g/mol. The second-order valence-corrected chi connectivity index (χ2v) is 8.52. The molecule has 1 atom stereocenters. The standard InChI is InChI=1S/C21H22ClN3O2S/c1-3-11-4-6-16-12(8-11)9-14-18(23)19(28-21(14)25-16)20(26)24-13-5-7-17(27-2)15(22)10-13/h5,7,9-11H,3-4,6,8,23H2,1-2H3,(H,24,26).